The fourth-order valence-electron chi connectivity index (χ4n) is 1.89. The molecule has 1 heteroatoms. The first-order valence-electron chi connectivity index (χ1n) is 4.95. The van der Waals surface area contributed by atoms with Crippen molar-refractivity contribution in [3.63, 3.8) is 0 Å². The minimum absolute atomic E-state index is 0.635. The Hall–Kier alpha value is -1.11. The van der Waals surface area contributed by atoms with Crippen molar-refractivity contribution < 1.29 is 0 Å². The Morgan fingerprint density at radius 2 is 2.38 bits per heavy atom. The molecule has 2 rings (SSSR count). The zero-order chi connectivity index (χ0) is 9.10. The van der Waals surface area contributed by atoms with Crippen molar-refractivity contribution >= 4 is 0 Å². The van der Waals surface area contributed by atoms with Crippen LogP contribution in [0.4, 0.5) is 0 Å². The van der Waals surface area contributed by atoms with Crippen molar-refractivity contribution in [2.24, 2.45) is 0 Å². The highest BCUT2D eigenvalue weighted by atomic mass is 14.6. The van der Waals surface area contributed by atoms with Gasteiger partial charge in [0.05, 0.1) is 0 Å². The van der Waals surface area contributed by atoms with Gasteiger partial charge in [0.1, 0.15) is 0 Å². The van der Waals surface area contributed by atoms with Crippen molar-refractivity contribution in [1.82, 2.24) is 4.98 Å². The van der Waals surface area contributed by atoms with Crippen LogP contribution in [0.3, 0.4) is 0 Å². The molecule has 1 aromatic rings. The number of rotatable bonds is 1. The second kappa shape index (κ2) is 3.73. The van der Waals surface area contributed by atoms with E-state index >= 15 is 0 Å². The molecule has 13 heavy (non-hydrogen) atoms. The molecule has 0 aromatic carbocycles. The Labute approximate surface area is 79.5 Å². The highest BCUT2D eigenvalue weighted by Crippen LogP contribution is 2.27. The summed E-state index contributed by atoms with van der Waals surface area (Å²) in [5.74, 6) is 0.635. The lowest BCUT2D eigenvalue weighted by atomic mass is 9.90. The molecule has 0 saturated carbocycles. The molecule has 1 nitrogen and oxygen atoms in total. The predicted molar refractivity (Wildman–Crippen MR) is 54.7 cm³/mol. The van der Waals surface area contributed by atoms with Crippen LogP contribution in [0.1, 0.15) is 36.4 Å². The number of aryl methyl sites for hydroxylation is 1. The summed E-state index contributed by atoms with van der Waals surface area (Å²) in [6, 6.07) is 4.33. The molecule has 0 spiro atoms. The van der Waals surface area contributed by atoms with Crippen LogP contribution in [-0.4, -0.2) is 4.98 Å². The van der Waals surface area contributed by atoms with Gasteiger partial charge < -0.3 is 0 Å². The molecule has 0 saturated heterocycles. The first kappa shape index (κ1) is 8.49. The first-order chi connectivity index (χ1) is 6.36. The molecule has 0 unspecified atom stereocenters. The molecule has 0 N–H and O–H groups in total. The van der Waals surface area contributed by atoms with Crippen LogP contribution in [0.5, 0.6) is 0 Å². The molecule has 1 heterocycles. The van der Waals surface area contributed by atoms with E-state index in [2.05, 4.69) is 36.2 Å². The van der Waals surface area contributed by atoms with Crippen LogP contribution in [0.15, 0.2) is 30.5 Å². The SMILES string of the molecule is Cc1cc([C@H]2C=CCCC2)ccn1. The van der Waals surface area contributed by atoms with E-state index in [0.717, 1.165) is 5.69 Å². The molecule has 0 bridgehead atoms. The smallest absolute Gasteiger partial charge is 0.0375 e. The highest BCUT2D eigenvalue weighted by Gasteiger charge is 2.10. The van der Waals surface area contributed by atoms with Gasteiger partial charge in [-0.05, 0) is 43.9 Å². The molecule has 1 atom stereocenters. The summed E-state index contributed by atoms with van der Waals surface area (Å²) in [6.07, 6.45) is 10.4. The maximum atomic E-state index is 4.21. The van der Waals surface area contributed by atoms with Gasteiger partial charge in [0.15, 0.2) is 0 Å². The average Bonchev–Trinajstić information content (AvgIpc) is 2.19. The van der Waals surface area contributed by atoms with Crippen molar-refractivity contribution in [3.8, 4) is 0 Å². The van der Waals surface area contributed by atoms with Crippen LogP contribution in [0, 0.1) is 6.92 Å². The van der Waals surface area contributed by atoms with Gasteiger partial charge in [0, 0.05) is 17.8 Å². The van der Waals surface area contributed by atoms with Gasteiger partial charge >= 0.3 is 0 Å². The van der Waals surface area contributed by atoms with Gasteiger partial charge in [-0.15, -0.1) is 0 Å². The summed E-state index contributed by atoms with van der Waals surface area (Å²) in [5, 5.41) is 0. The Bertz CT molecular complexity index is 315. The molecule has 1 aliphatic carbocycles. The summed E-state index contributed by atoms with van der Waals surface area (Å²) >= 11 is 0. The Morgan fingerprint density at radius 3 is 3.08 bits per heavy atom. The van der Waals surface area contributed by atoms with Crippen molar-refractivity contribution in [1.29, 1.82) is 0 Å². The number of allylic oxidation sites excluding steroid dienone is 2. The van der Waals surface area contributed by atoms with Gasteiger partial charge in [0.2, 0.25) is 0 Å². The lowest BCUT2D eigenvalue weighted by Gasteiger charge is -2.16. The van der Waals surface area contributed by atoms with E-state index in [9.17, 15) is 0 Å². The fraction of sp³-hybridized carbons (Fsp3) is 0.417. The zero-order valence-electron chi connectivity index (χ0n) is 8.03. The van der Waals surface area contributed by atoms with Gasteiger partial charge in [-0.3, -0.25) is 4.98 Å². The normalized spacial score (nSPS) is 21.8. The number of hydrogen-bond acceptors (Lipinski definition) is 1. The van der Waals surface area contributed by atoms with Crippen molar-refractivity contribution in [2.75, 3.05) is 0 Å². The van der Waals surface area contributed by atoms with Crippen LogP contribution >= 0.6 is 0 Å². The minimum Gasteiger partial charge on any atom is -0.262 e. The monoisotopic (exact) mass is 173 g/mol. The Balaban J connectivity index is 2.24. The maximum absolute atomic E-state index is 4.21. The van der Waals surface area contributed by atoms with Crippen LogP contribution < -0.4 is 0 Å². The minimum atomic E-state index is 0.635. The molecule has 0 amide bonds. The first-order valence-corrected chi connectivity index (χ1v) is 4.95. The third-order valence-corrected chi connectivity index (χ3v) is 2.60. The van der Waals surface area contributed by atoms with Gasteiger partial charge in [-0.25, -0.2) is 0 Å². The quantitative estimate of drug-likeness (QED) is 0.594. The summed E-state index contributed by atoms with van der Waals surface area (Å²) in [4.78, 5) is 4.21. The highest BCUT2D eigenvalue weighted by molar-refractivity contribution is 5.25. The van der Waals surface area contributed by atoms with Gasteiger partial charge in [-0.1, -0.05) is 12.2 Å². The van der Waals surface area contributed by atoms with Crippen molar-refractivity contribution in [2.45, 2.75) is 32.1 Å². The van der Waals surface area contributed by atoms with Crippen molar-refractivity contribution in [3.05, 3.63) is 41.7 Å². The van der Waals surface area contributed by atoms with E-state index in [0.29, 0.717) is 5.92 Å². The van der Waals surface area contributed by atoms with E-state index < -0.39 is 0 Å². The molecule has 0 radical (unpaired) electrons. The van der Waals surface area contributed by atoms with Crippen LogP contribution in [0.25, 0.3) is 0 Å². The number of nitrogens with zero attached hydrogens (tertiary/aromatic N) is 1. The molecule has 0 fully saturated rings. The zero-order valence-corrected chi connectivity index (χ0v) is 8.03. The molecule has 1 aromatic heterocycles. The summed E-state index contributed by atoms with van der Waals surface area (Å²) in [6.45, 7) is 2.05. The Morgan fingerprint density at radius 1 is 1.46 bits per heavy atom. The summed E-state index contributed by atoms with van der Waals surface area (Å²) in [5.41, 5.74) is 2.54. The molecular formula is C12H15N. The van der Waals surface area contributed by atoms with Crippen LogP contribution in [-0.2, 0) is 0 Å². The predicted octanol–water partition coefficient (Wildman–Crippen LogP) is 3.21. The molecule has 1 aliphatic rings. The second-order valence-corrected chi connectivity index (χ2v) is 3.70. The Kier molecular flexibility index (Phi) is 2.44. The third kappa shape index (κ3) is 1.97. The fourth-order valence-corrected chi connectivity index (χ4v) is 1.89. The second-order valence-electron chi connectivity index (χ2n) is 3.70. The number of pyridine rings is 1. The lowest BCUT2D eigenvalue weighted by molar-refractivity contribution is 0.653. The largest absolute Gasteiger partial charge is 0.262 e. The van der Waals surface area contributed by atoms with Crippen LogP contribution in [0.2, 0.25) is 0 Å². The topological polar surface area (TPSA) is 12.9 Å². The molecule has 68 valence electrons. The average molecular weight is 173 g/mol. The van der Waals surface area contributed by atoms with E-state index in [-0.39, 0.29) is 0 Å². The number of hydrogen-bond donors (Lipinski definition) is 0. The maximum Gasteiger partial charge on any atom is 0.0375 e. The molecule has 0 aliphatic heterocycles. The number of aromatic nitrogens is 1. The van der Waals surface area contributed by atoms with Gasteiger partial charge in [-0.2, -0.15) is 0 Å². The summed E-state index contributed by atoms with van der Waals surface area (Å²) < 4.78 is 0. The third-order valence-electron chi connectivity index (χ3n) is 2.60. The van der Waals surface area contributed by atoms with E-state index in [1.54, 1.807) is 0 Å². The lowest BCUT2D eigenvalue weighted by Crippen LogP contribution is -1.99. The van der Waals surface area contributed by atoms with Gasteiger partial charge in [0.25, 0.3) is 0 Å². The molecular weight excluding hydrogens is 158 g/mol. The van der Waals surface area contributed by atoms with E-state index in [1.165, 1.54) is 24.8 Å². The standard InChI is InChI=1S/C12H15N/c1-10-9-12(7-8-13-10)11-5-3-2-4-6-11/h3,5,7-9,11H,2,4,6H2,1H3/t11-/m0/s1. The van der Waals surface area contributed by atoms with E-state index in [4.69, 9.17) is 0 Å². The van der Waals surface area contributed by atoms with E-state index in [1.807, 2.05) is 6.20 Å². The summed E-state index contributed by atoms with van der Waals surface area (Å²) in [7, 11) is 0.